The predicted octanol–water partition coefficient (Wildman–Crippen LogP) is 6.16. The summed E-state index contributed by atoms with van der Waals surface area (Å²) in [5.74, 6) is -0.240. The van der Waals surface area contributed by atoms with E-state index in [0.717, 1.165) is 6.42 Å². The van der Waals surface area contributed by atoms with Crippen LogP contribution in [0.1, 0.15) is 48.7 Å². The fourth-order valence-electron chi connectivity index (χ4n) is 3.22. The van der Waals surface area contributed by atoms with E-state index in [2.05, 4.69) is 4.99 Å². The third-order valence-electron chi connectivity index (χ3n) is 5.28. The molecule has 0 aromatic heterocycles. The van der Waals surface area contributed by atoms with Crippen LogP contribution in [0, 0.1) is 6.92 Å². The van der Waals surface area contributed by atoms with Crippen LogP contribution in [-0.2, 0) is 4.79 Å². The van der Waals surface area contributed by atoms with Gasteiger partial charge in [-0.05, 0) is 80.4 Å². The van der Waals surface area contributed by atoms with Crippen molar-refractivity contribution < 1.29 is 24.2 Å². The number of carboxylic acids is 1. The van der Waals surface area contributed by atoms with Crippen molar-refractivity contribution in [2.75, 3.05) is 13.7 Å². The molecule has 7 nitrogen and oxygen atoms in total. The lowest BCUT2D eigenvalue weighted by atomic mass is 10.1. The number of hydrogen-bond donors (Lipinski definition) is 1. The molecule has 1 aliphatic heterocycles. The molecule has 1 amide bonds. The van der Waals surface area contributed by atoms with Crippen molar-refractivity contribution in [3.8, 4) is 11.5 Å². The van der Waals surface area contributed by atoms with Gasteiger partial charge in [-0.2, -0.15) is 0 Å². The molecule has 1 aliphatic rings. The Balaban J connectivity index is 1.96. The molecule has 0 saturated carbocycles. The minimum atomic E-state index is -1.02. The van der Waals surface area contributed by atoms with E-state index in [1.165, 1.54) is 22.7 Å². The van der Waals surface area contributed by atoms with Crippen molar-refractivity contribution in [3.05, 3.63) is 56.9 Å². The van der Waals surface area contributed by atoms with Gasteiger partial charge in [-0.1, -0.05) is 24.6 Å². The van der Waals surface area contributed by atoms with Gasteiger partial charge >= 0.3 is 5.97 Å². The summed E-state index contributed by atoms with van der Waals surface area (Å²) in [6, 6.07) is 8.41. The SMILES string of the molecule is CCOc1cc(/C=C2\SC(=Nc3cccc(C(=O)O)c3C)N(C)C2=O)cc(Cl)c1O[C@@H](C)CC. The molecule has 0 radical (unpaired) electrons. The molecule has 1 fully saturated rings. The molecule has 180 valence electrons. The lowest BCUT2D eigenvalue weighted by Crippen LogP contribution is -2.23. The number of carboxylic acid groups (broad SMARTS) is 1. The summed E-state index contributed by atoms with van der Waals surface area (Å²) in [7, 11) is 1.63. The third kappa shape index (κ3) is 5.56. The predicted molar refractivity (Wildman–Crippen MR) is 137 cm³/mol. The maximum absolute atomic E-state index is 12.9. The number of aliphatic imine (C=N–C) groups is 1. The van der Waals surface area contributed by atoms with Crippen molar-refractivity contribution in [2.24, 2.45) is 4.99 Å². The Morgan fingerprint density at radius 1 is 1.32 bits per heavy atom. The number of amides is 1. The van der Waals surface area contributed by atoms with Crippen LogP contribution in [-0.4, -0.2) is 46.8 Å². The number of carbonyl (C=O) groups excluding carboxylic acids is 1. The van der Waals surface area contributed by atoms with Gasteiger partial charge in [0, 0.05) is 7.05 Å². The monoisotopic (exact) mass is 502 g/mol. The fraction of sp³-hybridized carbons (Fsp3) is 0.320. The highest BCUT2D eigenvalue weighted by atomic mass is 35.5. The first-order chi connectivity index (χ1) is 16.2. The number of nitrogens with zero attached hydrogens (tertiary/aromatic N) is 2. The van der Waals surface area contributed by atoms with Crippen LogP contribution in [0.4, 0.5) is 5.69 Å². The van der Waals surface area contributed by atoms with E-state index >= 15 is 0 Å². The number of amidine groups is 1. The number of ether oxygens (including phenoxy) is 2. The topological polar surface area (TPSA) is 88.4 Å². The lowest BCUT2D eigenvalue weighted by molar-refractivity contribution is -0.121. The molecule has 9 heteroatoms. The summed E-state index contributed by atoms with van der Waals surface area (Å²) in [5.41, 5.74) is 1.90. The van der Waals surface area contributed by atoms with Crippen molar-refractivity contribution in [2.45, 2.75) is 40.2 Å². The van der Waals surface area contributed by atoms with Gasteiger partial charge < -0.3 is 14.6 Å². The van der Waals surface area contributed by atoms with E-state index in [1.54, 1.807) is 44.3 Å². The fourth-order valence-corrected chi connectivity index (χ4v) is 4.46. The quantitative estimate of drug-likeness (QED) is 0.435. The van der Waals surface area contributed by atoms with Crippen LogP contribution in [0.25, 0.3) is 6.08 Å². The summed E-state index contributed by atoms with van der Waals surface area (Å²) >= 11 is 7.72. The van der Waals surface area contributed by atoms with Crippen molar-refractivity contribution in [1.29, 1.82) is 0 Å². The number of rotatable bonds is 8. The molecule has 1 atom stereocenters. The second-order valence-corrected chi connectivity index (χ2v) is 9.14. The maximum atomic E-state index is 12.9. The van der Waals surface area contributed by atoms with Gasteiger partial charge in [-0.25, -0.2) is 9.79 Å². The number of likely N-dealkylation sites (N-methyl/N-ethyl adjacent to an activating group) is 1. The first-order valence-corrected chi connectivity index (χ1v) is 12.1. The van der Waals surface area contributed by atoms with Crippen LogP contribution >= 0.6 is 23.4 Å². The van der Waals surface area contributed by atoms with Crippen LogP contribution in [0.5, 0.6) is 11.5 Å². The van der Waals surface area contributed by atoms with Crippen LogP contribution in [0.3, 0.4) is 0 Å². The minimum absolute atomic E-state index is 0.0246. The smallest absolute Gasteiger partial charge is 0.336 e. The number of thioether (sulfide) groups is 1. The molecule has 1 saturated heterocycles. The van der Waals surface area contributed by atoms with Gasteiger partial charge in [0.1, 0.15) is 0 Å². The van der Waals surface area contributed by atoms with Crippen LogP contribution < -0.4 is 9.47 Å². The van der Waals surface area contributed by atoms with Gasteiger partial charge in [0.25, 0.3) is 5.91 Å². The van der Waals surface area contributed by atoms with E-state index in [9.17, 15) is 14.7 Å². The third-order valence-corrected chi connectivity index (χ3v) is 6.62. The lowest BCUT2D eigenvalue weighted by Gasteiger charge is -2.18. The number of hydrogen-bond acceptors (Lipinski definition) is 6. The highest BCUT2D eigenvalue weighted by molar-refractivity contribution is 8.18. The first-order valence-electron chi connectivity index (χ1n) is 10.9. The second-order valence-electron chi connectivity index (χ2n) is 7.72. The van der Waals surface area contributed by atoms with E-state index in [0.29, 0.717) is 50.0 Å². The van der Waals surface area contributed by atoms with E-state index in [-0.39, 0.29) is 17.6 Å². The zero-order chi connectivity index (χ0) is 25.0. The molecule has 1 heterocycles. The summed E-state index contributed by atoms with van der Waals surface area (Å²) in [6.07, 6.45) is 2.53. The first kappa shape index (κ1) is 25.6. The maximum Gasteiger partial charge on any atom is 0.336 e. The van der Waals surface area contributed by atoms with Crippen LogP contribution in [0.2, 0.25) is 5.02 Å². The van der Waals surface area contributed by atoms with Crippen molar-refractivity contribution >= 4 is 52.2 Å². The number of benzene rings is 2. The van der Waals surface area contributed by atoms with E-state index in [1.807, 2.05) is 20.8 Å². The number of halogens is 1. The molecule has 2 aromatic rings. The summed E-state index contributed by atoms with van der Waals surface area (Å²) in [4.78, 5) is 30.8. The second kappa shape index (κ2) is 11.0. The van der Waals surface area contributed by atoms with E-state index < -0.39 is 5.97 Å². The molecule has 0 aliphatic carbocycles. The Bertz CT molecular complexity index is 1180. The number of carbonyl (C=O) groups is 2. The largest absolute Gasteiger partial charge is 0.490 e. The van der Waals surface area contributed by atoms with Gasteiger partial charge in [0.05, 0.1) is 33.9 Å². The summed E-state index contributed by atoms with van der Waals surface area (Å²) < 4.78 is 11.7. The zero-order valence-electron chi connectivity index (χ0n) is 19.7. The van der Waals surface area contributed by atoms with Crippen molar-refractivity contribution in [3.63, 3.8) is 0 Å². The molecule has 34 heavy (non-hydrogen) atoms. The molecule has 1 N–H and O–H groups in total. The molecule has 3 rings (SSSR count). The Labute approximate surface area is 208 Å². The van der Waals surface area contributed by atoms with Gasteiger partial charge in [-0.3, -0.25) is 9.69 Å². The standard InChI is InChI=1S/C25H27ClN2O5S/c1-6-14(3)33-22-18(26)11-16(12-20(22)32-7-2)13-21-23(29)28(5)25(34-21)27-19-10-8-9-17(15(19)4)24(30)31/h8-14H,6-7H2,1-5H3,(H,30,31)/b21-13-,27-25?/t14-/m0/s1. The molecule has 0 bridgehead atoms. The average Bonchev–Trinajstić information content (AvgIpc) is 3.05. The normalized spacial score (nSPS) is 16.9. The summed E-state index contributed by atoms with van der Waals surface area (Å²) in [5, 5.41) is 10.2. The van der Waals surface area contributed by atoms with Crippen molar-refractivity contribution in [1.82, 2.24) is 4.90 Å². The molecular weight excluding hydrogens is 476 g/mol. The molecule has 2 aromatic carbocycles. The van der Waals surface area contributed by atoms with Gasteiger partial charge in [0.2, 0.25) is 0 Å². The highest BCUT2D eigenvalue weighted by Gasteiger charge is 2.31. The Kier molecular flexibility index (Phi) is 8.28. The Morgan fingerprint density at radius 3 is 2.71 bits per heavy atom. The zero-order valence-corrected chi connectivity index (χ0v) is 21.3. The molecular formula is C25H27ClN2O5S. The average molecular weight is 503 g/mol. The van der Waals surface area contributed by atoms with E-state index in [4.69, 9.17) is 21.1 Å². The highest BCUT2D eigenvalue weighted by Crippen LogP contribution is 2.40. The molecule has 0 spiro atoms. The van der Waals surface area contributed by atoms with Gasteiger partial charge in [-0.15, -0.1) is 0 Å². The Morgan fingerprint density at radius 2 is 2.06 bits per heavy atom. The van der Waals surface area contributed by atoms with Crippen LogP contribution in [0.15, 0.2) is 40.2 Å². The minimum Gasteiger partial charge on any atom is -0.490 e. The Hall–Kier alpha value is -2.97. The molecule has 0 unspecified atom stereocenters. The van der Waals surface area contributed by atoms with Gasteiger partial charge in [0.15, 0.2) is 16.7 Å². The number of aromatic carboxylic acids is 1. The summed E-state index contributed by atoms with van der Waals surface area (Å²) in [6.45, 7) is 7.99.